The predicted molar refractivity (Wildman–Crippen MR) is 141 cm³/mol. The Morgan fingerprint density at radius 3 is 1.11 bits per heavy atom. The first kappa shape index (κ1) is 25.4. The third-order valence-corrected chi connectivity index (χ3v) is 8.32. The number of carbonyl (C=O) groups excluding carboxylic acids is 1. The second kappa shape index (κ2) is 11.0. The molecule has 0 aliphatic heterocycles. The fourth-order valence-corrected chi connectivity index (χ4v) is 6.04. The number of hydrogen-bond donors (Lipinski definition) is 0. The summed E-state index contributed by atoms with van der Waals surface area (Å²) in [6.07, 6.45) is 0. The Bertz CT molecular complexity index is 1240. The molecule has 0 N–H and O–H groups in total. The summed E-state index contributed by atoms with van der Waals surface area (Å²) in [4.78, 5) is 15.0. The highest BCUT2D eigenvalue weighted by atomic mass is 31.1. The van der Waals surface area contributed by atoms with E-state index >= 15 is 0 Å². The van der Waals surface area contributed by atoms with Gasteiger partial charge >= 0.3 is 0 Å². The van der Waals surface area contributed by atoms with E-state index in [-0.39, 0.29) is 0 Å². The van der Waals surface area contributed by atoms with Gasteiger partial charge in [0.1, 0.15) is 11.5 Å². The van der Waals surface area contributed by atoms with Gasteiger partial charge in [-0.3, -0.25) is 13.9 Å². The van der Waals surface area contributed by atoms with E-state index in [1.54, 1.807) is 111 Å². The van der Waals surface area contributed by atoms with Crippen molar-refractivity contribution in [1.29, 1.82) is 0 Å². The summed E-state index contributed by atoms with van der Waals surface area (Å²) in [7, 11) is 2.19. The van der Waals surface area contributed by atoms with Crippen LogP contribution in [0.5, 0.6) is 11.5 Å². The topological polar surface area (TPSA) is 69.7 Å². The first-order chi connectivity index (χ1) is 17.6. The Morgan fingerprint density at radius 1 is 0.528 bits per heavy atom. The third kappa shape index (κ3) is 4.26. The summed E-state index contributed by atoms with van der Waals surface area (Å²) >= 11 is 0. The summed E-state index contributed by atoms with van der Waals surface area (Å²) in [5.74, 6) is 0.709. The molecule has 4 aromatic rings. The second-order valence-electron chi connectivity index (χ2n) is 8.12. The van der Waals surface area contributed by atoms with Gasteiger partial charge in [0.15, 0.2) is 33.0 Å². The van der Waals surface area contributed by atoms with Crippen molar-refractivity contribution in [3.63, 3.8) is 0 Å². The lowest BCUT2D eigenvalue weighted by molar-refractivity contribution is -0.122. The summed E-state index contributed by atoms with van der Waals surface area (Å²) in [6.45, 7) is 0. The van der Waals surface area contributed by atoms with Crippen LogP contribution in [0, 0.1) is 0 Å². The molecule has 0 spiro atoms. The third-order valence-electron chi connectivity index (χ3n) is 6.33. The number of ether oxygens (including phenoxy) is 2. The van der Waals surface area contributed by atoms with Crippen molar-refractivity contribution in [2.75, 3.05) is 14.2 Å². The van der Waals surface area contributed by atoms with Gasteiger partial charge in [-0.1, -0.05) is 84.9 Å². The molecule has 180 valence electrons. The van der Waals surface area contributed by atoms with Gasteiger partial charge < -0.3 is 9.47 Å². The second-order valence-corrected chi connectivity index (χ2v) is 9.83. The minimum absolute atomic E-state index is 0.458. The van der Waals surface area contributed by atoms with E-state index in [1.165, 1.54) is 0 Å². The SMILES string of the molecule is COc1ccc(C(P=O)(C(=O)C(P=O)(c2ccccc2)c2ccc(OC)cc2)c2ccccc2)cc1. The molecule has 5 nitrogen and oxygen atoms in total. The van der Waals surface area contributed by atoms with Crippen LogP contribution in [-0.4, -0.2) is 20.0 Å². The highest BCUT2D eigenvalue weighted by molar-refractivity contribution is 7.31. The van der Waals surface area contributed by atoms with Crippen LogP contribution in [-0.2, 0) is 24.2 Å². The monoisotopic (exact) mass is 514 g/mol. The van der Waals surface area contributed by atoms with Crippen LogP contribution in [0.4, 0.5) is 0 Å². The molecule has 0 amide bonds. The summed E-state index contributed by atoms with van der Waals surface area (Å²) < 4.78 is 37.1. The van der Waals surface area contributed by atoms with Crippen LogP contribution < -0.4 is 9.47 Å². The van der Waals surface area contributed by atoms with Crippen molar-refractivity contribution in [3.05, 3.63) is 131 Å². The number of rotatable bonds is 10. The van der Waals surface area contributed by atoms with E-state index in [1.807, 2.05) is 12.1 Å². The molecular weight excluding hydrogens is 490 g/mol. The Morgan fingerprint density at radius 2 is 0.833 bits per heavy atom. The maximum absolute atomic E-state index is 15.0. The average molecular weight is 514 g/mol. The van der Waals surface area contributed by atoms with Crippen LogP contribution in [0.3, 0.4) is 0 Å². The number of benzene rings is 4. The molecule has 0 aromatic heterocycles. The first-order valence-corrected chi connectivity index (χ1v) is 12.8. The lowest BCUT2D eigenvalue weighted by atomic mass is 9.75. The Hall–Kier alpha value is -3.65. The van der Waals surface area contributed by atoms with E-state index in [4.69, 9.17) is 9.47 Å². The number of methoxy groups -OCH3 is 2. The van der Waals surface area contributed by atoms with Crippen LogP contribution in [0.2, 0.25) is 0 Å². The minimum atomic E-state index is -1.65. The van der Waals surface area contributed by atoms with Crippen LogP contribution >= 0.6 is 16.9 Å². The molecule has 36 heavy (non-hydrogen) atoms. The zero-order valence-corrected chi connectivity index (χ0v) is 21.6. The van der Waals surface area contributed by atoms with Crippen LogP contribution in [0.15, 0.2) is 109 Å². The van der Waals surface area contributed by atoms with Gasteiger partial charge in [-0.15, -0.1) is 0 Å². The summed E-state index contributed by atoms with van der Waals surface area (Å²) in [5, 5.41) is -3.30. The lowest BCUT2D eigenvalue weighted by Gasteiger charge is -2.36. The van der Waals surface area contributed by atoms with Crippen molar-refractivity contribution in [2.45, 2.75) is 10.3 Å². The minimum Gasteiger partial charge on any atom is -0.497 e. The lowest BCUT2D eigenvalue weighted by Crippen LogP contribution is -2.44. The number of ketones is 1. The van der Waals surface area contributed by atoms with Crippen molar-refractivity contribution in [3.8, 4) is 11.5 Å². The maximum Gasteiger partial charge on any atom is 0.186 e. The standard InChI is InChI=1S/C29H24O5P2/c1-33-25-17-13-23(14-18-25)28(35-31,21-9-5-3-6-10-21)27(30)29(36-32,22-11-7-4-8-12-22)24-15-19-26(34-2)20-16-24/h3-20H,1-2H3. The summed E-state index contributed by atoms with van der Waals surface area (Å²) in [6, 6.07) is 31.6. The van der Waals surface area contributed by atoms with E-state index in [0.717, 1.165) is 0 Å². The highest BCUT2D eigenvalue weighted by Gasteiger charge is 2.56. The van der Waals surface area contributed by atoms with E-state index in [2.05, 4.69) is 0 Å². The predicted octanol–water partition coefficient (Wildman–Crippen LogP) is 7.04. The molecule has 7 heteroatoms. The zero-order chi connectivity index (χ0) is 25.6. The molecule has 4 aromatic carbocycles. The Balaban J connectivity index is 2.06. The molecule has 0 saturated heterocycles. The molecule has 2 atom stereocenters. The Labute approximate surface area is 213 Å². The number of hydrogen-bond acceptors (Lipinski definition) is 5. The van der Waals surface area contributed by atoms with Gasteiger partial charge in [-0.05, 0) is 46.5 Å². The van der Waals surface area contributed by atoms with Gasteiger partial charge in [0.2, 0.25) is 0 Å². The van der Waals surface area contributed by atoms with Gasteiger partial charge in [0.25, 0.3) is 0 Å². The van der Waals surface area contributed by atoms with Crippen molar-refractivity contribution < 1.29 is 23.4 Å². The number of carbonyl (C=O) groups is 1. The molecule has 0 aliphatic rings. The van der Waals surface area contributed by atoms with Crippen LogP contribution in [0.1, 0.15) is 22.3 Å². The maximum atomic E-state index is 15.0. The zero-order valence-electron chi connectivity index (χ0n) is 19.8. The number of Topliss-reactive ketones (excluding diaryl/α,β-unsaturated/α-hetero) is 1. The van der Waals surface area contributed by atoms with Gasteiger partial charge in [-0.25, -0.2) is 0 Å². The van der Waals surface area contributed by atoms with Crippen molar-refractivity contribution in [1.82, 2.24) is 0 Å². The van der Waals surface area contributed by atoms with E-state index in [0.29, 0.717) is 33.8 Å². The molecule has 0 aliphatic carbocycles. The fraction of sp³-hybridized carbons (Fsp3) is 0.138. The van der Waals surface area contributed by atoms with Crippen molar-refractivity contribution in [2.24, 2.45) is 0 Å². The highest BCUT2D eigenvalue weighted by Crippen LogP contribution is 2.54. The fourth-order valence-electron chi connectivity index (χ4n) is 4.44. The molecule has 0 radical (unpaired) electrons. The smallest absolute Gasteiger partial charge is 0.186 e. The van der Waals surface area contributed by atoms with Gasteiger partial charge in [0.05, 0.1) is 14.2 Å². The van der Waals surface area contributed by atoms with Gasteiger partial charge in [0, 0.05) is 0 Å². The molecule has 2 unspecified atom stereocenters. The molecule has 4 rings (SSSR count). The first-order valence-electron chi connectivity index (χ1n) is 11.2. The molecular formula is C29H24O5P2. The Kier molecular flexibility index (Phi) is 7.74. The average Bonchev–Trinajstić information content (AvgIpc) is 2.96. The quantitative estimate of drug-likeness (QED) is 0.212. The molecule has 0 heterocycles. The van der Waals surface area contributed by atoms with Crippen molar-refractivity contribution >= 4 is 22.7 Å². The van der Waals surface area contributed by atoms with Crippen LogP contribution in [0.25, 0.3) is 0 Å². The summed E-state index contributed by atoms with van der Waals surface area (Å²) in [5.41, 5.74) is 2.03. The molecule has 0 saturated carbocycles. The molecule has 0 fully saturated rings. The van der Waals surface area contributed by atoms with Gasteiger partial charge in [-0.2, -0.15) is 0 Å². The molecule has 0 bridgehead atoms. The normalized spacial score (nSPS) is 14.5. The van der Waals surface area contributed by atoms with E-state index in [9.17, 15) is 13.9 Å². The largest absolute Gasteiger partial charge is 0.497 e. The van der Waals surface area contributed by atoms with E-state index < -0.39 is 33.0 Å².